The number of fused-ring (bicyclic) bond motifs is 1. The average Bonchev–Trinajstić information content (AvgIpc) is 3.44. The Labute approximate surface area is 232 Å². The first-order valence-electron chi connectivity index (χ1n) is 13.6. The van der Waals surface area contributed by atoms with Crippen molar-refractivity contribution in [2.24, 2.45) is 0 Å². The van der Waals surface area contributed by atoms with E-state index in [-0.39, 0.29) is 18.5 Å². The van der Waals surface area contributed by atoms with E-state index in [2.05, 4.69) is 23.7 Å². The van der Waals surface area contributed by atoms with Crippen LogP contribution in [0.4, 0.5) is 0 Å². The molecule has 0 bridgehead atoms. The molecule has 1 amide bonds. The lowest BCUT2D eigenvalue weighted by molar-refractivity contribution is -0.135. The zero-order valence-electron chi connectivity index (χ0n) is 22.1. The monoisotopic (exact) mass is 557 g/mol. The van der Waals surface area contributed by atoms with Gasteiger partial charge >= 0.3 is 5.97 Å². The number of thiophene rings is 1. The van der Waals surface area contributed by atoms with E-state index in [1.54, 1.807) is 0 Å². The van der Waals surface area contributed by atoms with Crippen molar-refractivity contribution in [1.29, 1.82) is 0 Å². The molecule has 2 aliphatic rings. The van der Waals surface area contributed by atoms with E-state index in [0.717, 1.165) is 52.7 Å². The molecule has 1 aromatic carbocycles. The summed E-state index contributed by atoms with van der Waals surface area (Å²) in [4.78, 5) is 28.3. The lowest BCUT2D eigenvalue weighted by Gasteiger charge is -2.28. The van der Waals surface area contributed by atoms with E-state index < -0.39 is 5.97 Å². The molecule has 1 saturated carbocycles. The number of aromatic carboxylic acids is 1. The van der Waals surface area contributed by atoms with Crippen LogP contribution in [0.5, 0.6) is 0 Å². The summed E-state index contributed by atoms with van der Waals surface area (Å²) in [5, 5.41) is 14.3. The topological polar surface area (TPSA) is 83.8 Å². The minimum atomic E-state index is -0.916. The molecule has 3 heterocycles. The van der Waals surface area contributed by atoms with Crippen molar-refractivity contribution >= 4 is 45.0 Å². The predicted octanol–water partition coefficient (Wildman–Crippen LogP) is 6.13. The highest BCUT2D eigenvalue weighted by atomic mass is 35.5. The summed E-state index contributed by atoms with van der Waals surface area (Å²) in [7, 11) is 0. The van der Waals surface area contributed by atoms with Crippen LogP contribution in [0.2, 0.25) is 5.02 Å². The van der Waals surface area contributed by atoms with Crippen LogP contribution in [0.3, 0.4) is 0 Å². The third kappa shape index (κ3) is 5.50. The zero-order chi connectivity index (χ0) is 26.8. The molecule has 7 nitrogen and oxygen atoms in total. The van der Waals surface area contributed by atoms with Gasteiger partial charge in [-0.3, -0.25) is 4.79 Å². The fourth-order valence-corrected chi connectivity index (χ4v) is 7.24. The van der Waals surface area contributed by atoms with E-state index in [9.17, 15) is 14.7 Å². The van der Waals surface area contributed by atoms with E-state index >= 15 is 0 Å². The number of carbonyl (C=O) groups excluding carboxylic acids is 1. The number of nitrogens with zero attached hydrogens (tertiary/aromatic N) is 2. The summed E-state index contributed by atoms with van der Waals surface area (Å²) in [5.41, 5.74) is 4.87. The number of aromatic nitrogens is 1. The van der Waals surface area contributed by atoms with Crippen LogP contribution in [0.1, 0.15) is 72.7 Å². The van der Waals surface area contributed by atoms with Crippen molar-refractivity contribution < 1.29 is 19.4 Å². The number of hydrogen-bond donors (Lipinski definition) is 2. The molecule has 0 spiro atoms. The second-order valence-electron chi connectivity index (χ2n) is 10.6. The maximum Gasteiger partial charge on any atom is 0.346 e. The molecular weight excluding hydrogens is 522 g/mol. The van der Waals surface area contributed by atoms with E-state index in [1.165, 1.54) is 23.3 Å². The number of halogens is 1. The van der Waals surface area contributed by atoms with Crippen LogP contribution < -0.4 is 5.32 Å². The zero-order valence-corrected chi connectivity index (χ0v) is 23.7. The lowest BCUT2D eigenvalue weighted by Crippen LogP contribution is -2.42. The number of carbonyl (C=O) groups is 2. The molecular formula is C29H36ClN3O4S. The molecule has 2 N–H and O–H groups in total. The van der Waals surface area contributed by atoms with Gasteiger partial charge in [-0.25, -0.2) is 4.79 Å². The van der Waals surface area contributed by atoms with Gasteiger partial charge in [-0.1, -0.05) is 56.8 Å². The van der Waals surface area contributed by atoms with Gasteiger partial charge in [0.05, 0.1) is 29.1 Å². The van der Waals surface area contributed by atoms with Crippen LogP contribution in [0.25, 0.3) is 21.5 Å². The van der Waals surface area contributed by atoms with E-state index in [0.29, 0.717) is 48.7 Å². The highest BCUT2D eigenvalue weighted by Gasteiger charge is 2.33. The molecule has 0 atom stereocenters. The molecule has 2 aromatic heterocycles. The van der Waals surface area contributed by atoms with Crippen LogP contribution in [0, 0.1) is 0 Å². The molecule has 1 saturated heterocycles. The summed E-state index contributed by atoms with van der Waals surface area (Å²) < 4.78 is 8.60. The number of ether oxygens (including phenoxy) is 1. The Bertz CT molecular complexity index is 1300. The molecule has 9 heteroatoms. The van der Waals surface area contributed by atoms with Gasteiger partial charge in [0, 0.05) is 36.3 Å². The van der Waals surface area contributed by atoms with Crippen molar-refractivity contribution in [3.8, 4) is 11.3 Å². The molecule has 1 aliphatic carbocycles. The minimum Gasteiger partial charge on any atom is -0.477 e. The Morgan fingerprint density at radius 3 is 2.45 bits per heavy atom. The molecule has 38 heavy (non-hydrogen) atoms. The summed E-state index contributed by atoms with van der Waals surface area (Å²) in [6, 6.07) is 8.01. The van der Waals surface area contributed by atoms with E-state index in [4.69, 9.17) is 16.3 Å². The second kappa shape index (κ2) is 11.8. The third-order valence-corrected chi connectivity index (χ3v) is 9.18. The van der Waals surface area contributed by atoms with Gasteiger partial charge in [-0.15, -0.1) is 11.3 Å². The van der Waals surface area contributed by atoms with Crippen molar-refractivity contribution in [3.63, 3.8) is 0 Å². The number of rotatable bonds is 8. The number of carboxylic acids is 1. The van der Waals surface area contributed by atoms with Crippen LogP contribution >= 0.6 is 22.9 Å². The maximum atomic E-state index is 13.7. The number of carboxylic acid groups (broad SMARTS) is 1. The maximum absolute atomic E-state index is 13.7. The summed E-state index contributed by atoms with van der Waals surface area (Å²) >= 11 is 7.64. The number of amides is 1. The second-order valence-corrected chi connectivity index (χ2v) is 12.1. The molecule has 0 radical (unpaired) electrons. The first-order chi connectivity index (χ1) is 18.3. The minimum absolute atomic E-state index is 0.0291. The highest BCUT2D eigenvalue weighted by molar-refractivity contribution is 7.21. The smallest absolute Gasteiger partial charge is 0.346 e. The van der Waals surface area contributed by atoms with Crippen LogP contribution in [-0.4, -0.2) is 58.8 Å². The van der Waals surface area contributed by atoms with Crippen molar-refractivity contribution in [1.82, 2.24) is 14.8 Å². The highest BCUT2D eigenvalue weighted by Crippen LogP contribution is 2.48. The largest absolute Gasteiger partial charge is 0.477 e. The lowest BCUT2D eigenvalue weighted by atomic mass is 9.83. The molecule has 204 valence electrons. The average molecular weight is 558 g/mol. The molecule has 0 unspecified atom stereocenters. The number of hydrogen-bond acceptors (Lipinski definition) is 5. The summed E-state index contributed by atoms with van der Waals surface area (Å²) in [5.74, 6) is -0.565. The van der Waals surface area contributed by atoms with Gasteiger partial charge in [0.25, 0.3) is 0 Å². The standard InChI is InChI=1S/C29H36ClN3O4S/c1-18(2)31-16-22-26-28(38-27(22)29(35)36)24(19-6-4-3-5-7-19)25(20-8-10-21(30)11-9-20)33(26)17-23(34)32-12-14-37-15-13-32/h8-11,18-19,31H,3-7,12-17H2,1-2H3,(H,35,36). The SMILES string of the molecule is CC(C)NCc1c(C(=O)O)sc2c(C3CCCCC3)c(-c3ccc(Cl)cc3)n(CC(=O)N3CCOCC3)c12. The summed E-state index contributed by atoms with van der Waals surface area (Å²) in [6.07, 6.45) is 5.67. The predicted molar refractivity (Wildman–Crippen MR) is 152 cm³/mol. The Kier molecular flexibility index (Phi) is 8.43. The molecule has 5 rings (SSSR count). The molecule has 2 fully saturated rings. The normalized spacial score (nSPS) is 17.0. The number of morpholine rings is 1. The van der Waals surface area contributed by atoms with Gasteiger partial charge in [0.15, 0.2) is 0 Å². The van der Waals surface area contributed by atoms with Gasteiger partial charge in [0.1, 0.15) is 11.4 Å². The Hall–Kier alpha value is -2.39. The first-order valence-corrected chi connectivity index (χ1v) is 14.8. The van der Waals surface area contributed by atoms with Crippen molar-refractivity contribution in [3.05, 3.63) is 45.3 Å². The quantitative estimate of drug-likeness (QED) is 0.348. The first kappa shape index (κ1) is 27.2. The summed E-state index contributed by atoms with van der Waals surface area (Å²) in [6.45, 7) is 6.91. The molecule has 1 aliphatic heterocycles. The van der Waals surface area contributed by atoms with Crippen molar-refractivity contribution in [2.75, 3.05) is 26.3 Å². The molecule has 3 aromatic rings. The Balaban J connectivity index is 1.76. The fraction of sp³-hybridized carbons (Fsp3) is 0.517. The fourth-order valence-electron chi connectivity index (χ4n) is 5.83. The van der Waals surface area contributed by atoms with Crippen LogP contribution in [-0.2, 0) is 22.6 Å². The van der Waals surface area contributed by atoms with Gasteiger partial charge < -0.3 is 24.6 Å². The Morgan fingerprint density at radius 1 is 1.13 bits per heavy atom. The van der Waals surface area contributed by atoms with E-state index in [1.807, 2.05) is 29.2 Å². The number of nitrogens with one attached hydrogen (secondary N) is 1. The van der Waals surface area contributed by atoms with Gasteiger partial charge in [0.2, 0.25) is 5.91 Å². The number of benzene rings is 1. The van der Waals surface area contributed by atoms with Gasteiger partial charge in [-0.05, 0) is 42.0 Å². The van der Waals surface area contributed by atoms with Crippen LogP contribution in [0.15, 0.2) is 24.3 Å². The van der Waals surface area contributed by atoms with Gasteiger partial charge in [-0.2, -0.15) is 0 Å². The van der Waals surface area contributed by atoms with Crippen molar-refractivity contribution in [2.45, 2.75) is 71.0 Å². The third-order valence-electron chi connectivity index (χ3n) is 7.69. The Morgan fingerprint density at radius 2 is 1.82 bits per heavy atom.